The van der Waals surface area contributed by atoms with Gasteiger partial charge >= 0.3 is 0 Å². The summed E-state index contributed by atoms with van der Waals surface area (Å²) in [6.45, 7) is 1.96. The lowest BCUT2D eigenvalue weighted by Gasteiger charge is -2.29. The molecule has 0 aliphatic carbocycles. The number of nitrogens with one attached hydrogen (secondary N) is 1. The fourth-order valence-corrected chi connectivity index (χ4v) is 2.64. The predicted molar refractivity (Wildman–Crippen MR) is 92.8 cm³/mol. The highest BCUT2D eigenvalue weighted by atomic mass is 32.1. The highest BCUT2D eigenvalue weighted by Gasteiger charge is 2.34. The highest BCUT2D eigenvalue weighted by Crippen LogP contribution is 2.22. The van der Waals surface area contributed by atoms with Crippen LogP contribution in [0.1, 0.15) is 11.3 Å². The van der Waals surface area contributed by atoms with Crippen LogP contribution in [0.5, 0.6) is 0 Å². The second-order valence-corrected chi connectivity index (χ2v) is 5.72. The van der Waals surface area contributed by atoms with Crippen molar-refractivity contribution in [2.45, 2.75) is 6.92 Å². The molecule has 5 nitrogen and oxygen atoms in total. The van der Waals surface area contributed by atoms with E-state index in [-0.39, 0.29) is 10.7 Å². The first-order valence-corrected chi connectivity index (χ1v) is 7.47. The van der Waals surface area contributed by atoms with Crippen molar-refractivity contribution in [2.24, 2.45) is 7.05 Å². The first kappa shape index (κ1) is 15.2. The Balaban J connectivity index is 2.02. The summed E-state index contributed by atoms with van der Waals surface area (Å²) in [6, 6.07) is 11.1. The average molecular weight is 325 g/mol. The Morgan fingerprint density at radius 2 is 1.83 bits per heavy atom. The molecule has 2 heterocycles. The molecule has 2 amide bonds. The number of thiocarbonyl (C=S) groups is 1. The molecule has 0 saturated carbocycles. The number of rotatable bonds is 2. The number of hydrogen-bond acceptors (Lipinski definition) is 3. The van der Waals surface area contributed by atoms with Gasteiger partial charge in [-0.15, -0.1) is 0 Å². The fourth-order valence-electron chi connectivity index (χ4n) is 2.36. The quantitative estimate of drug-likeness (QED) is 0.523. The van der Waals surface area contributed by atoms with Crippen molar-refractivity contribution < 1.29 is 9.59 Å². The summed E-state index contributed by atoms with van der Waals surface area (Å²) < 4.78 is 1.83. The number of carbonyl (C=O) groups excluding carboxylic acids is 2. The van der Waals surface area contributed by atoms with Crippen LogP contribution in [0.2, 0.25) is 0 Å². The number of carbonyl (C=O) groups is 2. The molecule has 1 aromatic carbocycles. The molecular weight excluding hydrogens is 310 g/mol. The summed E-state index contributed by atoms with van der Waals surface area (Å²) in [5.74, 6) is -0.909. The van der Waals surface area contributed by atoms with Crippen LogP contribution in [0, 0.1) is 6.92 Å². The van der Waals surface area contributed by atoms with Crippen molar-refractivity contribution in [2.75, 3.05) is 4.90 Å². The standard InChI is InChI=1S/C17H15N3O2S/c1-11-5-7-12(8-6-11)20-16(22)14(15(21)18-17(20)23)10-13-4-3-9-19(13)2/h3-10H,1-2H3,(H,18,21,23). The molecule has 1 aromatic heterocycles. The predicted octanol–water partition coefficient (Wildman–Crippen LogP) is 2.16. The molecule has 1 N–H and O–H groups in total. The molecule has 116 valence electrons. The van der Waals surface area contributed by atoms with Crippen molar-refractivity contribution in [3.05, 3.63) is 59.4 Å². The van der Waals surface area contributed by atoms with Gasteiger partial charge in [-0.25, -0.2) is 0 Å². The van der Waals surface area contributed by atoms with E-state index in [2.05, 4.69) is 5.32 Å². The van der Waals surface area contributed by atoms with Gasteiger partial charge in [-0.3, -0.25) is 19.8 Å². The minimum atomic E-state index is -0.482. The van der Waals surface area contributed by atoms with Gasteiger partial charge in [0.1, 0.15) is 5.57 Å². The lowest BCUT2D eigenvalue weighted by molar-refractivity contribution is -0.122. The number of amides is 2. The second kappa shape index (κ2) is 5.81. The number of nitrogens with zero attached hydrogens (tertiary/aromatic N) is 2. The number of aromatic nitrogens is 1. The molecule has 0 spiro atoms. The maximum Gasteiger partial charge on any atom is 0.270 e. The summed E-state index contributed by atoms with van der Waals surface area (Å²) in [7, 11) is 1.85. The molecule has 1 saturated heterocycles. The van der Waals surface area contributed by atoms with Gasteiger partial charge < -0.3 is 4.57 Å². The molecule has 23 heavy (non-hydrogen) atoms. The SMILES string of the molecule is Cc1ccc(N2C(=O)C(=Cc3cccn3C)C(=O)NC2=S)cc1. The van der Waals surface area contributed by atoms with Gasteiger partial charge in [-0.2, -0.15) is 0 Å². The van der Waals surface area contributed by atoms with Gasteiger partial charge in [0.15, 0.2) is 5.11 Å². The van der Waals surface area contributed by atoms with Crippen LogP contribution in [0.15, 0.2) is 48.2 Å². The molecule has 6 heteroatoms. The smallest absolute Gasteiger partial charge is 0.270 e. The number of hydrogen-bond donors (Lipinski definition) is 1. The van der Waals surface area contributed by atoms with Crippen molar-refractivity contribution >= 4 is 40.9 Å². The van der Waals surface area contributed by atoms with Crippen molar-refractivity contribution in [3.63, 3.8) is 0 Å². The van der Waals surface area contributed by atoms with Crippen LogP contribution >= 0.6 is 12.2 Å². The largest absolute Gasteiger partial charge is 0.351 e. The van der Waals surface area contributed by atoms with E-state index in [1.54, 1.807) is 18.2 Å². The third-order valence-corrected chi connectivity index (χ3v) is 3.95. The third-order valence-electron chi connectivity index (χ3n) is 3.67. The van der Waals surface area contributed by atoms with Crippen molar-refractivity contribution in [1.82, 2.24) is 9.88 Å². The lowest BCUT2D eigenvalue weighted by atomic mass is 10.1. The van der Waals surface area contributed by atoms with E-state index >= 15 is 0 Å². The summed E-state index contributed by atoms with van der Waals surface area (Å²) >= 11 is 5.16. The molecular formula is C17H15N3O2S. The molecule has 1 fully saturated rings. The van der Waals surface area contributed by atoms with Gasteiger partial charge in [0.05, 0.1) is 5.69 Å². The minimum absolute atomic E-state index is 0.0565. The maximum absolute atomic E-state index is 12.8. The molecule has 3 rings (SSSR count). The van der Waals surface area contributed by atoms with Crippen LogP contribution in [-0.4, -0.2) is 21.5 Å². The molecule has 2 aromatic rings. The first-order valence-electron chi connectivity index (χ1n) is 7.07. The number of benzene rings is 1. The van der Waals surface area contributed by atoms with Crippen LogP contribution in [0.25, 0.3) is 6.08 Å². The van der Waals surface area contributed by atoms with Gasteiger partial charge in [0, 0.05) is 18.9 Å². The second-order valence-electron chi connectivity index (χ2n) is 5.34. The van der Waals surface area contributed by atoms with Gasteiger partial charge in [-0.1, -0.05) is 17.7 Å². The molecule has 0 radical (unpaired) electrons. The zero-order valence-electron chi connectivity index (χ0n) is 12.7. The molecule has 1 aliphatic heterocycles. The van der Waals surface area contributed by atoms with Crippen molar-refractivity contribution in [3.8, 4) is 0 Å². The Kier molecular flexibility index (Phi) is 3.83. The number of anilines is 1. The normalized spacial score (nSPS) is 16.9. The lowest BCUT2D eigenvalue weighted by Crippen LogP contribution is -2.54. The zero-order chi connectivity index (χ0) is 16.6. The monoisotopic (exact) mass is 325 g/mol. The Morgan fingerprint density at radius 1 is 1.13 bits per heavy atom. The summed E-state index contributed by atoms with van der Waals surface area (Å²) in [6.07, 6.45) is 3.42. The summed E-state index contributed by atoms with van der Waals surface area (Å²) in [5, 5.41) is 2.67. The fraction of sp³-hybridized carbons (Fsp3) is 0.118. The van der Waals surface area contributed by atoms with Crippen molar-refractivity contribution in [1.29, 1.82) is 0 Å². The Bertz CT molecular complexity index is 834. The summed E-state index contributed by atoms with van der Waals surface area (Å²) in [5.41, 5.74) is 2.53. The number of aryl methyl sites for hydroxylation is 2. The molecule has 1 aliphatic rings. The van der Waals surface area contributed by atoms with Crippen LogP contribution < -0.4 is 10.2 Å². The van der Waals surface area contributed by atoms with Crippen LogP contribution in [-0.2, 0) is 16.6 Å². The Morgan fingerprint density at radius 3 is 2.43 bits per heavy atom. The van der Waals surface area contributed by atoms with Gasteiger partial charge in [0.2, 0.25) is 0 Å². The van der Waals surface area contributed by atoms with Gasteiger partial charge in [-0.05, 0) is 49.5 Å². The van der Waals surface area contributed by atoms with E-state index in [1.807, 2.05) is 49.0 Å². The van der Waals surface area contributed by atoms with E-state index in [4.69, 9.17) is 12.2 Å². The van der Waals surface area contributed by atoms with Crippen LogP contribution in [0.3, 0.4) is 0 Å². The minimum Gasteiger partial charge on any atom is -0.351 e. The Labute approximate surface area is 139 Å². The third kappa shape index (κ3) is 2.80. The van der Waals surface area contributed by atoms with E-state index in [0.29, 0.717) is 5.69 Å². The van der Waals surface area contributed by atoms with E-state index in [1.165, 1.54) is 4.90 Å². The van der Waals surface area contributed by atoms with E-state index in [9.17, 15) is 9.59 Å². The zero-order valence-corrected chi connectivity index (χ0v) is 13.6. The summed E-state index contributed by atoms with van der Waals surface area (Å²) in [4.78, 5) is 26.3. The van der Waals surface area contributed by atoms with E-state index < -0.39 is 11.8 Å². The molecule has 0 unspecified atom stereocenters. The molecule has 0 bridgehead atoms. The average Bonchev–Trinajstić information content (AvgIpc) is 2.90. The maximum atomic E-state index is 12.8. The topological polar surface area (TPSA) is 54.3 Å². The first-order chi connectivity index (χ1) is 11.0. The van der Waals surface area contributed by atoms with Gasteiger partial charge in [0.25, 0.3) is 11.8 Å². The highest BCUT2D eigenvalue weighted by molar-refractivity contribution is 7.80. The molecule has 0 atom stereocenters. The van der Waals surface area contributed by atoms with Crippen LogP contribution in [0.4, 0.5) is 5.69 Å². The van der Waals surface area contributed by atoms with E-state index in [0.717, 1.165) is 11.3 Å². The Hall–Kier alpha value is -2.73.